The Hall–Kier alpha value is -0.340. The topological polar surface area (TPSA) is 37.3 Å². The first kappa shape index (κ1) is 17.1. The van der Waals surface area contributed by atoms with E-state index < -0.39 is 0 Å². The van der Waals surface area contributed by atoms with E-state index in [9.17, 15) is 9.90 Å². The molecule has 134 valence electrons. The van der Waals surface area contributed by atoms with Gasteiger partial charge in [-0.2, -0.15) is 0 Å². The zero-order chi connectivity index (χ0) is 17.3. The van der Waals surface area contributed by atoms with Gasteiger partial charge in [0.25, 0.3) is 0 Å². The maximum atomic E-state index is 12.2. The zero-order valence-corrected chi connectivity index (χ0v) is 16.0. The highest BCUT2D eigenvalue weighted by molar-refractivity contribution is 6.20. The summed E-state index contributed by atoms with van der Waals surface area (Å²) in [6.45, 7) is 6.41. The van der Waals surface area contributed by atoms with Gasteiger partial charge in [0.05, 0.1) is 6.10 Å². The van der Waals surface area contributed by atoms with Crippen molar-refractivity contribution in [3.63, 3.8) is 0 Å². The Balaban J connectivity index is 1.71. The number of Topliss-reactive ketones (excluding diaryl/α,β-unsaturated/α-hetero) is 1. The average Bonchev–Trinajstić information content (AvgIpc) is 2.84. The van der Waals surface area contributed by atoms with Gasteiger partial charge in [0, 0.05) is 11.3 Å². The first-order valence-corrected chi connectivity index (χ1v) is 10.2. The third-order valence-corrected chi connectivity index (χ3v) is 8.84. The van der Waals surface area contributed by atoms with Crippen molar-refractivity contribution in [1.29, 1.82) is 0 Å². The first-order valence-electron chi connectivity index (χ1n) is 9.79. The average molecular weight is 351 g/mol. The lowest BCUT2D eigenvalue weighted by molar-refractivity contribution is -0.138. The normalized spacial score (nSPS) is 53.6. The van der Waals surface area contributed by atoms with E-state index in [1.54, 1.807) is 6.92 Å². The highest BCUT2D eigenvalue weighted by Gasteiger charge is 2.62. The largest absolute Gasteiger partial charge is 0.393 e. The van der Waals surface area contributed by atoms with Crippen LogP contribution in [0.1, 0.15) is 65.7 Å². The van der Waals surface area contributed by atoms with Crippen LogP contribution in [0.5, 0.6) is 0 Å². The number of carbonyl (C=O) groups excluding carboxylic acids is 1. The Morgan fingerprint density at radius 2 is 2.04 bits per heavy atom. The fraction of sp³-hybridized carbons (Fsp3) is 0.857. The minimum atomic E-state index is -0.281. The number of alkyl halides is 1. The van der Waals surface area contributed by atoms with Crippen LogP contribution in [0.4, 0.5) is 0 Å². The van der Waals surface area contributed by atoms with E-state index in [0.29, 0.717) is 23.5 Å². The van der Waals surface area contributed by atoms with Crippen LogP contribution in [-0.2, 0) is 4.79 Å². The van der Waals surface area contributed by atoms with E-state index in [4.69, 9.17) is 11.6 Å². The third kappa shape index (κ3) is 2.21. The van der Waals surface area contributed by atoms with Gasteiger partial charge in [-0.1, -0.05) is 25.5 Å². The molecule has 0 heterocycles. The molecule has 0 bridgehead atoms. The van der Waals surface area contributed by atoms with Crippen molar-refractivity contribution >= 4 is 17.4 Å². The van der Waals surface area contributed by atoms with Crippen LogP contribution in [-0.4, -0.2) is 22.4 Å². The van der Waals surface area contributed by atoms with Crippen molar-refractivity contribution in [3.05, 3.63) is 11.6 Å². The van der Waals surface area contributed by atoms with Gasteiger partial charge in [0.1, 0.15) is 5.78 Å². The van der Waals surface area contributed by atoms with Gasteiger partial charge in [0.2, 0.25) is 0 Å². The molecule has 0 spiro atoms. The summed E-state index contributed by atoms with van der Waals surface area (Å²) in [5.41, 5.74) is 1.61. The molecule has 3 saturated carbocycles. The fourth-order valence-corrected chi connectivity index (χ4v) is 7.69. The van der Waals surface area contributed by atoms with Crippen LogP contribution >= 0.6 is 11.6 Å². The molecule has 3 heteroatoms. The standard InChI is InChI=1S/C21H31ClO2/c1-12(23)16-6-7-17-15-5-4-13-10-14(22)8-9-20(13,2)19(15)18(24)11-21(16,17)3/h4,14-19,24H,5-11H2,1-3H3/t14-,15+,16+,17-,18-,19+,20+,21-/m1/s1. The van der Waals surface area contributed by atoms with Crippen molar-refractivity contribution in [2.75, 3.05) is 0 Å². The molecule has 4 aliphatic rings. The Morgan fingerprint density at radius 3 is 2.75 bits per heavy atom. The second-order valence-corrected chi connectivity index (χ2v) is 10.2. The van der Waals surface area contributed by atoms with Gasteiger partial charge in [-0.3, -0.25) is 4.79 Å². The molecule has 2 nitrogen and oxygen atoms in total. The van der Waals surface area contributed by atoms with Gasteiger partial charge in [-0.05, 0) is 80.5 Å². The molecule has 24 heavy (non-hydrogen) atoms. The summed E-state index contributed by atoms with van der Waals surface area (Å²) in [6, 6.07) is 0. The van der Waals surface area contributed by atoms with Gasteiger partial charge < -0.3 is 5.11 Å². The van der Waals surface area contributed by atoms with Crippen LogP contribution in [0.25, 0.3) is 0 Å². The summed E-state index contributed by atoms with van der Waals surface area (Å²) in [5.74, 6) is 1.94. The van der Waals surface area contributed by atoms with E-state index in [2.05, 4.69) is 19.9 Å². The number of aliphatic hydroxyl groups excluding tert-OH is 1. The molecule has 0 aromatic carbocycles. The molecule has 0 aromatic rings. The third-order valence-electron chi connectivity index (χ3n) is 8.47. The van der Waals surface area contributed by atoms with Crippen molar-refractivity contribution in [2.24, 2.45) is 34.5 Å². The number of hydrogen-bond acceptors (Lipinski definition) is 2. The Labute approximate surface area is 151 Å². The molecule has 4 rings (SSSR count). The summed E-state index contributed by atoms with van der Waals surface area (Å²) in [7, 11) is 0. The van der Waals surface area contributed by atoms with E-state index in [0.717, 1.165) is 44.9 Å². The summed E-state index contributed by atoms with van der Waals surface area (Å²) in [6.07, 6.45) is 9.37. The smallest absolute Gasteiger partial charge is 0.133 e. The molecule has 4 aliphatic carbocycles. The molecule has 0 unspecified atom stereocenters. The highest BCUT2D eigenvalue weighted by Crippen LogP contribution is 2.66. The first-order chi connectivity index (χ1) is 11.3. The number of aliphatic hydroxyl groups is 1. The fourth-order valence-electron chi connectivity index (χ4n) is 7.42. The molecular weight excluding hydrogens is 320 g/mol. The Kier molecular flexibility index (Phi) is 3.97. The van der Waals surface area contributed by atoms with Crippen LogP contribution in [0.3, 0.4) is 0 Å². The van der Waals surface area contributed by atoms with E-state index >= 15 is 0 Å². The number of fused-ring (bicyclic) bond motifs is 5. The number of carbonyl (C=O) groups is 1. The van der Waals surface area contributed by atoms with Gasteiger partial charge in [-0.15, -0.1) is 11.6 Å². The summed E-state index contributed by atoms with van der Waals surface area (Å²) in [5, 5.41) is 11.5. The zero-order valence-electron chi connectivity index (χ0n) is 15.2. The van der Waals surface area contributed by atoms with Gasteiger partial charge in [-0.25, -0.2) is 0 Å². The summed E-state index contributed by atoms with van der Waals surface area (Å²) in [4.78, 5) is 12.2. The molecule has 3 fully saturated rings. The van der Waals surface area contributed by atoms with Crippen molar-refractivity contribution < 1.29 is 9.90 Å². The maximum Gasteiger partial charge on any atom is 0.133 e. The van der Waals surface area contributed by atoms with Gasteiger partial charge in [0.15, 0.2) is 0 Å². The second kappa shape index (κ2) is 5.58. The number of ketones is 1. The van der Waals surface area contributed by atoms with Crippen molar-refractivity contribution in [3.8, 4) is 0 Å². The van der Waals surface area contributed by atoms with Crippen LogP contribution < -0.4 is 0 Å². The van der Waals surface area contributed by atoms with Crippen LogP contribution in [0, 0.1) is 34.5 Å². The van der Waals surface area contributed by atoms with E-state index in [1.807, 2.05) is 0 Å². The molecule has 0 radical (unpaired) electrons. The lowest BCUT2D eigenvalue weighted by Gasteiger charge is -2.59. The SMILES string of the molecule is CC(=O)[C@@H]1CC[C@@H]2[C@@H]3CC=C4C[C@H](Cl)CC[C@]4(C)[C@@H]3[C@H](O)C[C@@]21C. The maximum absolute atomic E-state index is 12.2. The van der Waals surface area contributed by atoms with Crippen LogP contribution in [0.15, 0.2) is 11.6 Å². The number of halogens is 1. The van der Waals surface area contributed by atoms with Crippen molar-refractivity contribution in [2.45, 2.75) is 77.2 Å². The van der Waals surface area contributed by atoms with E-state index in [-0.39, 0.29) is 28.2 Å². The lowest BCUT2D eigenvalue weighted by atomic mass is 9.46. The molecule has 0 saturated heterocycles. The second-order valence-electron chi connectivity index (χ2n) is 9.54. The summed E-state index contributed by atoms with van der Waals surface area (Å²) >= 11 is 6.43. The number of hydrogen-bond donors (Lipinski definition) is 1. The predicted octanol–water partition coefficient (Wildman–Crippen LogP) is 4.73. The quantitative estimate of drug-likeness (QED) is 0.548. The molecule has 0 aliphatic heterocycles. The van der Waals surface area contributed by atoms with Crippen molar-refractivity contribution in [1.82, 2.24) is 0 Å². The Morgan fingerprint density at radius 1 is 1.29 bits per heavy atom. The minimum absolute atomic E-state index is 0.00218. The molecular formula is C21H31ClO2. The number of rotatable bonds is 1. The summed E-state index contributed by atoms with van der Waals surface area (Å²) < 4.78 is 0. The van der Waals surface area contributed by atoms with Gasteiger partial charge >= 0.3 is 0 Å². The molecule has 1 N–H and O–H groups in total. The van der Waals surface area contributed by atoms with Crippen LogP contribution in [0.2, 0.25) is 0 Å². The predicted molar refractivity (Wildman–Crippen MR) is 96.9 cm³/mol. The van der Waals surface area contributed by atoms with E-state index in [1.165, 1.54) is 5.57 Å². The number of allylic oxidation sites excluding steroid dienone is 2. The Bertz CT molecular complexity index is 584. The monoisotopic (exact) mass is 350 g/mol. The lowest BCUT2D eigenvalue weighted by Crippen LogP contribution is -2.56. The molecule has 0 amide bonds. The minimum Gasteiger partial charge on any atom is -0.393 e. The highest BCUT2D eigenvalue weighted by atomic mass is 35.5. The molecule has 8 atom stereocenters. The molecule has 0 aromatic heterocycles.